The Balaban J connectivity index is 0.000000193. The third kappa shape index (κ3) is 13.8. The molecule has 2 aromatic carbocycles. The molecule has 6 fully saturated rings. The fourth-order valence-corrected chi connectivity index (χ4v) is 17.4. The number of hydrogen-bond donors (Lipinski definition) is 4. The molecule has 4 aliphatic carbocycles. The number of carbonyl (C=O) groups excluding carboxylic acids is 2. The Morgan fingerprint density at radius 3 is 1.52 bits per heavy atom. The van der Waals surface area contributed by atoms with Crippen LogP contribution in [0.25, 0.3) is 0 Å². The van der Waals surface area contributed by atoms with Crippen molar-refractivity contribution in [1.29, 1.82) is 0 Å². The molecule has 4 saturated carbocycles. The Morgan fingerprint density at radius 2 is 1.08 bits per heavy atom. The van der Waals surface area contributed by atoms with E-state index >= 15 is 0 Å². The van der Waals surface area contributed by atoms with E-state index < -0.39 is 20.0 Å². The number of rotatable bonds is 21. The summed E-state index contributed by atoms with van der Waals surface area (Å²) < 4.78 is 72.5. The van der Waals surface area contributed by atoms with Gasteiger partial charge in [0.05, 0.1) is 33.9 Å². The first-order valence-electron chi connectivity index (χ1n) is 25.3. The van der Waals surface area contributed by atoms with Crippen LogP contribution in [0.1, 0.15) is 108 Å². The molecule has 388 valence electrons. The minimum Gasteiger partial charge on any atom is -0.497 e. The summed E-state index contributed by atoms with van der Waals surface area (Å²) in [5.74, 6) is 3.65. The maximum atomic E-state index is 13.3. The van der Waals surface area contributed by atoms with Crippen LogP contribution >= 0.6 is 22.7 Å². The van der Waals surface area contributed by atoms with E-state index in [2.05, 4.69) is 28.2 Å². The van der Waals surface area contributed by atoms with Crippen LogP contribution in [0.3, 0.4) is 0 Å². The van der Waals surface area contributed by atoms with Crippen LogP contribution in [-0.4, -0.2) is 116 Å². The van der Waals surface area contributed by atoms with Crippen LogP contribution in [0.5, 0.6) is 11.5 Å². The fraction of sp³-hybridized carbons (Fsp3) is 0.577. The molecule has 2 aromatic heterocycles. The minimum atomic E-state index is -3.53. The highest BCUT2D eigenvalue weighted by Crippen LogP contribution is 2.59. The van der Waals surface area contributed by atoms with Crippen LogP contribution in [0, 0.1) is 23.2 Å². The second-order valence-electron chi connectivity index (χ2n) is 20.0. The van der Waals surface area contributed by atoms with Crippen molar-refractivity contribution in [1.82, 2.24) is 29.9 Å². The fourth-order valence-electron chi connectivity index (χ4n) is 11.6. The van der Waals surface area contributed by atoms with E-state index in [4.69, 9.17) is 14.2 Å². The number of hydrogen-bond acceptors (Lipinski definition) is 13. The summed E-state index contributed by atoms with van der Waals surface area (Å²) in [4.78, 5) is 26.5. The van der Waals surface area contributed by atoms with Crippen molar-refractivity contribution >= 4 is 54.5 Å². The molecular formula is C52H72N6O9S4. The maximum Gasteiger partial charge on any atom is 0.252 e. The topological polar surface area (TPSA) is 185 Å². The smallest absolute Gasteiger partial charge is 0.252 e. The second-order valence-corrected chi connectivity index (χ2v) is 26.7. The third-order valence-corrected chi connectivity index (χ3v) is 21.7. The van der Waals surface area contributed by atoms with Crippen LogP contribution < -0.4 is 30.7 Å². The molecule has 0 spiro atoms. The Kier molecular flexibility index (Phi) is 18.3. The van der Waals surface area contributed by atoms with E-state index in [9.17, 15) is 26.4 Å². The second kappa shape index (κ2) is 24.4. The first-order valence-corrected chi connectivity index (χ1v) is 29.8. The van der Waals surface area contributed by atoms with E-state index in [-0.39, 0.29) is 24.9 Å². The summed E-state index contributed by atoms with van der Waals surface area (Å²) in [7, 11) is -3.94. The van der Waals surface area contributed by atoms with Crippen LogP contribution in [0.2, 0.25) is 0 Å². The molecule has 4 N–H and O–H groups in total. The third-order valence-electron chi connectivity index (χ3n) is 14.8. The zero-order valence-corrected chi connectivity index (χ0v) is 44.6. The number of nitrogens with one attached hydrogen (secondary N) is 4. The minimum absolute atomic E-state index is 0.218. The molecule has 15 nitrogen and oxygen atoms in total. The van der Waals surface area contributed by atoms with Crippen LogP contribution in [0.4, 0.5) is 0 Å². The first kappa shape index (κ1) is 53.4. The molecule has 4 heterocycles. The standard InChI is InChI=1S/C29H39N3O4S2.C23H33N3O5S2/c1-36-25-4-2-3-23(14-25)28(33)30-18-26-5-6-27(37-26)38(34,35)32-9-7-24(8-10-32)31-19-29-15-20-11-21(16-29)13-22(12-20)17-29;1-3-14-31-15-11-24-19-9-12-26(13-10-19)33(28,29)22-8-7-21(32-22)17-25-23(27)18-5-4-6-20(16-18)30-2/h2-6,14,20-22,24,31H,7-13,15-19H2,1H3,(H,30,33);4-8,16,19,24H,3,9-15,17H2,1-2H3,(H,25,27). The van der Waals surface area contributed by atoms with Gasteiger partial charge in [0.2, 0.25) is 0 Å². The molecule has 2 amide bonds. The van der Waals surface area contributed by atoms with Crippen LogP contribution in [-0.2, 0) is 37.9 Å². The molecule has 2 aliphatic heterocycles. The molecule has 4 aromatic rings. The molecule has 0 atom stereocenters. The van der Waals surface area contributed by atoms with Gasteiger partial charge in [0.15, 0.2) is 0 Å². The van der Waals surface area contributed by atoms with Crippen molar-refractivity contribution < 1.29 is 40.6 Å². The predicted molar refractivity (Wildman–Crippen MR) is 278 cm³/mol. The van der Waals surface area contributed by atoms with E-state index in [0.717, 1.165) is 79.3 Å². The SMILES string of the molecule is CCCOCCNC1CCN(S(=O)(=O)c2ccc(CNC(=O)c3cccc(OC)c3)s2)CC1.COc1cccc(C(=O)NCc2ccc(S(=O)(=O)N3CCC(NCC45CC6CC(CC(C6)C4)C5)CC3)s2)c1. The van der Waals surface area contributed by atoms with E-state index in [1.165, 1.54) is 61.2 Å². The summed E-state index contributed by atoms with van der Waals surface area (Å²) in [5, 5.41) is 13.0. The van der Waals surface area contributed by atoms with E-state index in [1.807, 2.05) is 0 Å². The molecule has 4 bridgehead atoms. The number of piperidine rings is 2. The molecule has 19 heteroatoms. The number of methoxy groups -OCH3 is 2. The van der Waals surface area contributed by atoms with Gasteiger partial charge in [0.1, 0.15) is 19.9 Å². The lowest BCUT2D eigenvalue weighted by Crippen LogP contribution is -2.53. The van der Waals surface area contributed by atoms with Gasteiger partial charge in [0, 0.05) is 78.8 Å². The number of benzene rings is 2. The van der Waals surface area contributed by atoms with E-state index in [1.54, 1.807) is 95.6 Å². The number of ether oxygens (including phenoxy) is 3. The number of sulfonamides is 2. The Bertz CT molecular complexity index is 2590. The van der Waals surface area contributed by atoms with Crippen LogP contribution in [0.15, 0.2) is 81.2 Å². The highest BCUT2D eigenvalue weighted by Gasteiger charge is 2.50. The summed E-state index contributed by atoms with van der Waals surface area (Å²) >= 11 is 2.44. The normalized spacial score (nSPS) is 22.9. The maximum absolute atomic E-state index is 13.3. The van der Waals surface area contributed by atoms with Gasteiger partial charge in [-0.3, -0.25) is 9.59 Å². The highest BCUT2D eigenvalue weighted by atomic mass is 32.3. The zero-order chi connectivity index (χ0) is 50.0. The molecule has 0 unspecified atom stereocenters. The van der Waals surface area contributed by atoms with Gasteiger partial charge in [-0.1, -0.05) is 19.1 Å². The predicted octanol–water partition coefficient (Wildman–Crippen LogP) is 7.50. The molecular weight excluding hydrogens is 981 g/mol. The Morgan fingerprint density at radius 1 is 0.634 bits per heavy atom. The molecule has 10 rings (SSSR count). The van der Waals surface area contributed by atoms with Gasteiger partial charge in [-0.15, -0.1) is 22.7 Å². The van der Waals surface area contributed by atoms with Crippen molar-refractivity contribution in [2.45, 2.75) is 111 Å². The monoisotopic (exact) mass is 1050 g/mol. The summed E-state index contributed by atoms with van der Waals surface area (Å²) in [6.45, 7) is 8.08. The van der Waals surface area contributed by atoms with Crippen molar-refractivity contribution in [3.8, 4) is 11.5 Å². The number of carbonyl (C=O) groups is 2. The summed E-state index contributed by atoms with van der Waals surface area (Å²) in [5.41, 5.74) is 1.51. The molecule has 2 saturated heterocycles. The van der Waals surface area contributed by atoms with Gasteiger partial charge >= 0.3 is 0 Å². The lowest BCUT2D eigenvalue weighted by Gasteiger charge is -2.57. The Labute approximate surface area is 428 Å². The average molecular weight is 1050 g/mol. The zero-order valence-electron chi connectivity index (χ0n) is 41.4. The quantitative estimate of drug-likeness (QED) is 0.0606. The molecule has 71 heavy (non-hydrogen) atoms. The number of amides is 2. The molecule has 0 radical (unpaired) electrons. The van der Waals surface area contributed by atoms with Crippen molar-refractivity contribution in [2.24, 2.45) is 23.2 Å². The average Bonchev–Trinajstić information content (AvgIpc) is 4.09. The van der Waals surface area contributed by atoms with Gasteiger partial charge in [-0.2, -0.15) is 8.61 Å². The largest absolute Gasteiger partial charge is 0.497 e. The van der Waals surface area contributed by atoms with E-state index in [0.29, 0.717) is 81.3 Å². The summed E-state index contributed by atoms with van der Waals surface area (Å²) in [6.07, 6.45) is 12.9. The lowest BCUT2D eigenvalue weighted by molar-refractivity contribution is -0.0530. The Hall–Kier alpha value is -3.92. The number of nitrogens with zero attached hydrogens (tertiary/aromatic N) is 2. The van der Waals surface area contributed by atoms with Crippen molar-refractivity contribution in [2.75, 3.05) is 66.7 Å². The van der Waals surface area contributed by atoms with Gasteiger partial charge in [-0.05, 0) is 154 Å². The van der Waals surface area contributed by atoms with Gasteiger partial charge in [0.25, 0.3) is 31.9 Å². The van der Waals surface area contributed by atoms with Crippen molar-refractivity contribution in [3.05, 3.63) is 93.7 Å². The van der Waals surface area contributed by atoms with Gasteiger partial charge in [-0.25, -0.2) is 16.8 Å². The van der Waals surface area contributed by atoms with Crippen molar-refractivity contribution in [3.63, 3.8) is 0 Å². The molecule has 6 aliphatic rings. The summed E-state index contributed by atoms with van der Waals surface area (Å²) in [6, 6.07) is 21.4. The first-order chi connectivity index (χ1) is 34.2. The number of thiophene rings is 2. The highest BCUT2D eigenvalue weighted by molar-refractivity contribution is 7.91. The van der Waals surface area contributed by atoms with Gasteiger partial charge < -0.3 is 35.5 Å². The lowest BCUT2D eigenvalue weighted by atomic mass is 9.49.